The maximum Gasteiger partial charge on any atom is 0.158 e. The van der Waals surface area contributed by atoms with E-state index in [0.717, 1.165) is 5.69 Å². The average molecular weight is 193 g/mol. The summed E-state index contributed by atoms with van der Waals surface area (Å²) in [7, 11) is 0. The van der Waals surface area contributed by atoms with Crippen molar-refractivity contribution < 1.29 is 0 Å². The molecule has 0 radical (unpaired) electrons. The molecule has 0 saturated carbocycles. The molecule has 10 heavy (non-hydrogen) atoms. The van der Waals surface area contributed by atoms with E-state index >= 15 is 0 Å². The quantitative estimate of drug-likeness (QED) is 0.500. The zero-order chi connectivity index (χ0) is 7.72. The van der Waals surface area contributed by atoms with Crippen molar-refractivity contribution in [2.45, 2.75) is 6.92 Å². The van der Waals surface area contributed by atoms with E-state index in [2.05, 4.69) is 17.7 Å². The van der Waals surface area contributed by atoms with Gasteiger partial charge in [0, 0.05) is 0 Å². The van der Waals surface area contributed by atoms with Crippen LogP contribution in [0.15, 0.2) is 6.20 Å². The predicted molar refractivity (Wildman–Crippen MR) is 49.0 cm³/mol. The van der Waals surface area contributed by atoms with Gasteiger partial charge in [-0.2, -0.15) is 5.10 Å². The molecule has 5 heteroatoms. The molecule has 54 valence electrons. The van der Waals surface area contributed by atoms with Crippen molar-refractivity contribution >= 4 is 40.8 Å². The van der Waals surface area contributed by atoms with E-state index in [0.29, 0.717) is 9.34 Å². The van der Waals surface area contributed by atoms with Crippen LogP contribution in [-0.4, -0.2) is 14.1 Å². The SMILES string of the molecule is Cc1nn(C(=S)S)cc1Cl. The number of thiocarbonyl (C=S) groups is 1. The Labute approximate surface area is 74.6 Å². The third-order valence-corrected chi connectivity index (χ3v) is 1.80. The van der Waals surface area contributed by atoms with Gasteiger partial charge in [0.1, 0.15) is 0 Å². The normalized spacial score (nSPS) is 9.90. The van der Waals surface area contributed by atoms with E-state index in [-0.39, 0.29) is 0 Å². The number of thiol groups is 1. The van der Waals surface area contributed by atoms with E-state index in [1.165, 1.54) is 4.68 Å². The first-order chi connectivity index (χ1) is 4.61. The molecule has 0 unspecified atom stereocenters. The minimum absolute atomic E-state index is 0.398. The molecular weight excluding hydrogens is 188 g/mol. The molecule has 0 fully saturated rings. The van der Waals surface area contributed by atoms with Gasteiger partial charge in [-0.1, -0.05) is 23.8 Å². The van der Waals surface area contributed by atoms with Crippen LogP contribution in [0.1, 0.15) is 5.69 Å². The van der Waals surface area contributed by atoms with Crippen LogP contribution in [0, 0.1) is 6.92 Å². The molecule has 0 aliphatic rings. The van der Waals surface area contributed by atoms with Gasteiger partial charge < -0.3 is 0 Å². The zero-order valence-electron chi connectivity index (χ0n) is 5.21. The lowest BCUT2D eigenvalue weighted by Crippen LogP contribution is -2.01. The van der Waals surface area contributed by atoms with Crippen molar-refractivity contribution in [3.63, 3.8) is 0 Å². The van der Waals surface area contributed by atoms with Crippen molar-refractivity contribution in [1.29, 1.82) is 0 Å². The van der Waals surface area contributed by atoms with E-state index in [9.17, 15) is 0 Å². The molecule has 2 nitrogen and oxygen atoms in total. The summed E-state index contributed by atoms with van der Waals surface area (Å²) in [5.74, 6) is 0. The Kier molecular flexibility index (Phi) is 2.33. The van der Waals surface area contributed by atoms with Gasteiger partial charge in [-0.05, 0) is 6.92 Å². The Morgan fingerprint density at radius 2 is 2.50 bits per heavy atom. The third kappa shape index (κ3) is 1.51. The summed E-state index contributed by atoms with van der Waals surface area (Å²) in [6.45, 7) is 1.81. The maximum atomic E-state index is 5.70. The summed E-state index contributed by atoms with van der Waals surface area (Å²) in [6.07, 6.45) is 1.63. The highest BCUT2D eigenvalue weighted by Crippen LogP contribution is 2.12. The van der Waals surface area contributed by atoms with Crippen molar-refractivity contribution in [1.82, 2.24) is 9.78 Å². The Hall–Kier alpha value is -0.0600. The highest BCUT2D eigenvalue weighted by Gasteiger charge is 2.01. The Morgan fingerprint density at radius 1 is 1.90 bits per heavy atom. The monoisotopic (exact) mass is 192 g/mol. The first-order valence-electron chi connectivity index (χ1n) is 2.56. The Bertz CT molecular complexity index is 249. The van der Waals surface area contributed by atoms with E-state index in [1.807, 2.05) is 6.92 Å². The molecular formula is C5H5ClN2S2. The summed E-state index contributed by atoms with van der Waals surface area (Å²) < 4.78 is 1.85. The minimum Gasteiger partial charge on any atom is -0.222 e. The topological polar surface area (TPSA) is 17.8 Å². The van der Waals surface area contributed by atoms with Gasteiger partial charge >= 0.3 is 0 Å². The predicted octanol–water partition coefficient (Wildman–Crippen LogP) is 1.91. The second-order valence-corrected chi connectivity index (χ2v) is 3.31. The lowest BCUT2D eigenvalue weighted by atomic mass is 10.5. The molecule has 0 aliphatic heterocycles. The van der Waals surface area contributed by atoms with Crippen LogP contribution in [0.3, 0.4) is 0 Å². The molecule has 0 bridgehead atoms. The summed E-state index contributed by atoms with van der Waals surface area (Å²) in [5.41, 5.74) is 0.762. The number of halogens is 1. The molecule has 1 heterocycles. The van der Waals surface area contributed by atoms with Gasteiger partial charge in [0.05, 0.1) is 16.9 Å². The highest BCUT2D eigenvalue weighted by atomic mass is 35.5. The molecule has 0 saturated heterocycles. The second-order valence-electron chi connectivity index (χ2n) is 1.79. The number of aromatic nitrogens is 2. The fraction of sp³-hybridized carbons (Fsp3) is 0.200. The summed E-state index contributed by atoms with van der Waals surface area (Å²) in [6, 6.07) is 0. The number of hydrogen-bond donors (Lipinski definition) is 1. The maximum absolute atomic E-state index is 5.70. The first-order valence-corrected chi connectivity index (χ1v) is 3.79. The third-order valence-electron chi connectivity index (χ3n) is 1.03. The van der Waals surface area contributed by atoms with E-state index in [1.54, 1.807) is 6.20 Å². The van der Waals surface area contributed by atoms with Gasteiger partial charge in [-0.15, -0.1) is 12.6 Å². The molecule has 0 aliphatic carbocycles. The fourth-order valence-corrected chi connectivity index (χ4v) is 0.863. The molecule has 0 N–H and O–H groups in total. The first kappa shape index (κ1) is 8.04. The van der Waals surface area contributed by atoms with Crippen LogP contribution in [0.4, 0.5) is 0 Å². The number of hydrogen-bond acceptors (Lipinski definition) is 2. The van der Waals surface area contributed by atoms with Crippen LogP contribution in [0.5, 0.6) is 0 Å². The second kappa shape index (κ2) is 2.90. The lowest BCUT2D eigenvalue weighted by molar-refractivity contribution is 0.938. The van der Waals surface area contributed by atoms with Crippen LogP contribution in [0.25, 0.3) is 0 Å². The Balaban J connectivity index is 3.10. The molecule has 0 spiro atoms. The molecule has 0 amide bonds. The molecule has 1 aromatic rings. The van der Waals surface area contributed by atoms with Gasteiger partial charge in [0.15, 0.2) is 4.32 Å². The van der Waals surface area contributed by atoms with Crippen LogP contribution in [0.2, 0.25) is 5.02 Å². The van der Waals surface area contributed by atoms with Crippen molar-refractivity contribution in [3.8, 4) is 0 Å². The molecule has 0 aromatic carbocycles. The van der Waals surface area contributed by atoms with Crippen LogP contribution < -0.4 is 0 Å². The molecule has 1 aromatic heterocycles. The summed E-state index contributed by atoms with van der Waals surface area (Å²) >= 11 is 14.4. The van der Waals surface area contributed by atoms with Gasteiger partial charge in [0.25, 0.3) is 0 Å². The van der Waals surface area contributed by atoms with Gasteiger partial charge in [-0.25, -0.2) is 4.68 Å². The standard InChI is InChI=1S/C5H5ClN2S2/c1-3-4(6)2-8(7-3)5(9)10/h2H,1H3,(H,9,10). The summed E-state index contributed by atoms with van der Waals surface area (Å²) in [4.78, 5) is 0. The number of rotatable bonds is 0. The lowest BCUT2D eigenvalue weighted by Gasteiger charge is -1.90. The number of aryl methyl sites for hydroxylation is 1. The van der Waals surface area contributed by atoms with Crippen molar-refractivity contribution in [2.75, 3.05) is 0 Å². The van der Waals surface area contributed by atoms with Gasteiger partial charge in [0.2, 0.25) is 0 Å². The largest absolute Gasteiger partial charge is 0.222 e. The van der Waals surface area contributed by atoms with E-state index in [4.69, 9.17) is 23.8 Å². The number of nitrogens with zero attached hydrogens (tertiary/aromatic N) is 2. The Morgan fingerprint density at radius 3 is 2.70 bits per heavy atom. The molecule has 1 rings (SSSR count). The highest BCUT2D eigenvalue weighted by molar-refractivity contribution is 8.11. The minimum atomic E-state index is 0.398. The van der Waals surface area contributed by atoms with Crippen LogP contribution >= 0.6 is 36.4 Å². The van der Waals surface area contributed by atoms with Gasteiger partial charge in [-0.3, -0.25) is 0 Å². The fourth-order valence-electron chi connectivity index (χ4n) is 0.537. The zero-order valence-corrected chi connectivity index (χ0v) is 7.67. The van der Waals surface area contributed by atoms with E-state index < -0.39 is 0 Å². The average Bonchev–Trinajstić information content (AvgIpc) is 2.13. The van der Waals surface area contributed by atoms with Crippen LogP contribution in [-0.2, 0) is 0 Å². The summed E-state index contributed by atoms with van der Waals surface area (Å²) in [5, 5.41) is 4.58. The smallest absolute Gasteiger partial charge is 0.158 e. The van der Waals surface area contributed by atoms with Crippen molar-refractivity contribution in [2.24, 2.45) is 0 Å². The molecule has 0 atom stereocenters. The van der Waals surface area contributed by atoms with Crippen molar-refractivity contribution in [3.05, 3.63) is 16.9 Å².